The lowest BCUT2D eigenvalue weighted by Crippen LogP contribution is -2.47. The Kier molecular flexibility index (Phi) is 6.69. The molecule has 0 aliphatic heterocycles. The lowest BCUT2D eigenvalue weighted by atomic mass is 9.84. The topological polar surface area (TPSA) is 78.5 Å². The number of nitrogens with zero attached hydrogens (tertiary/aromatic N) is 1. The molecule has 1 aromatic rings. The number of benzene rings is 1. The predicted octanol–water partition coefficient (Wildman–Crippen LogP) is 2.65. The Morgan fingerprint density at radius 2 is 1.81 bits per heavy atom. The van der Waals surface area contributed by atoms with Crippen molar-refractivity contribution in [2.75, 3.05) is 25.4 Å². The van der Waals surface area contributed by atoms with Gasteiger partial charge in [-0.3, -0.25) is 9.52 Å². The van der Waals surface area contributed by atoms with Crippen LogP contribution in [0.15, 0.2) is 24.3 Å². The van der Waals surface area contributed by atoms with Gasteiger partial charge in [0.2, 0.25) is 0 Å². The van der Waals surface area contributed by atoms with Gasteiger partial charge in [0, 0.05) is 23.8 Å². The quantitative estimate of drug-likeness (QED) is 0.744. The van der Waals surface area contributed by atoms with E-state index >= 15 is 0 Å². The molecule has 0 radical (unpaired) electrons. The number of alkyl halides is 3. The number of sulfonamides is 1. The molecule has 1 amide bonds. The summed E-state index contributed by atoms with van der Waals surface area (Å²) >= 11 is 0. The third-order valence-corrected chi connectivity index (χ3v) is 5.04. The van der Waals surface area contributed by atoms with E-state index in [1.807, 2.05) is 39.8 Å². The minimum absolute atomic E-state index is 0.0554. The minimum atomic E-state index is -5.54. The maximum atomic E-state index is 12.5. The van der Waals surface area contributed by atoms with Crippen molar-refractivity contribution in [3.8, 4) is 0 Å². The summed E-state index contributed by atoms with van der Waals surface area (Å²) < 4.78 is 61.1. The molecule has 0 spiro atoms. The van der Waals surface area contributed by atoms with E-state index in [1.165, 1.54) is 16.9 Å². The smallest absolute Gasteiger partial charge is 0.349 e. The number of nitrogens with one attached hydrogen (secondary N) is 2. The number of rotatable bonds is 7. The number of anilines is 1. The Bertz CT molecular complexity index is 747. The van der Waals surface area contributed by atoms with Crippen LogP contribution < -0.4 is 10.0 Å². The molecule has 0 bridgehead atoms. The van der Waals surface area contributed by atoms with Gasteiger partial charge in [0.15, 0.2) is 0 Å². The lowest BCUT2D eigenvalue weighted by molar-refractivity contribution is -0.0429. The minimum Gasteiger partial charge on any atom is -0.349 e. The highest BCUT2D eigenvalue weighted by atomic mass is 32.2. The van der Waals surface area contributed by atoms with Gasteiger partial charge in [-0.15, -0.1) is 0 Å². The SMILES string of the molecule is CC(NC(=O)c1cccc(NS(=O)(=O)C(F)(F)F)c1)C(C)(C)CN(C)C. The molecule has 0 saturated carbocycles. The number of halogens is 3. The molecule has 6 nitrogen and oxygen atoms in total. The lowest BCUT2D eigenvalue weighted by Gasteiger charge is -2.34. The molecule has 0 saturated heterocycles. The van der Waals surface area contributed by atoms with Gasteiger partial charge in [-0.1, -0.05) is 19.9 Å². The molecule has 2 N–H and O–H groups in total. The van der Waals surface area contributed by atoms with E-state index in [0.717, 1.165) is 12.1 Å². The fourth-order valence-corrected chi connectivity index (χ4v) is 2.92. The van der Waals surface area contributed by atoms with Gasteiger partial charge < -0.3 is 10.2 Å². The van der Waals surface area contributed by atoms with Crippen LogP contribution in [0.1, 0.15) is 31.1 Å². The zero-order valence-electron chi connectivity index (χ0n) is 15.3. The van der Waals surface area contributed by atoms with E-state index in [4.69, 9.17) is 0 Å². The second-order valence-corrected chi connectivity index (χ2v) is 8.73. The average molecular weight is 395 g/mol. The molecule has 1 aromatic carbocycles. The molecule has 0 aromatic heterocycles. The highest BCUT2D eigenvalue weighted by Crippen LogP contribution is 2.26. The van der Waals surface area contributed by atoms with Gasteiger partial charge in [-0.25, -0.2) is 0 Å². The Hall–Kier alpha value is -1.81. The van der Waals surface area contributed by atoms with E-state index < -0.39 is 21.4 Å². The van der Waals surface area contributed by atoms with Gasteiger partial charge >= 0.3 is 15.5 Å². The van der Waals surface area contributed by atoms with Gasteiger partial charge in [0.1, 0.15) is 0 Å². The van der Waals surface area contributed by atoms with Crippen molar-refractivity contribution in [2.45, 2.75) is 32.3 Å². The predicted molar refractivity (Wildman–Crippen MR) is 94.3 cm³/mol. The van der Waals surface area contributed by atoms with Crippen LogP contribution in [0.2, 0.25) is 0 Å². The Morgan fingerprint density at radius 1 is 1.23 bits per heavy atom. The summed E-state index contributed by atoms with van der Waals surface area (Å²) in [5.41, 5.74) is -5.97. The number of carbonyl (C=O) groups is 1. The van der Waals surface area contributed by atoms with Crippen molar-refractivity contribution in [1.29, 1.82) is 0 Å². The molecule has 0 heterocycles. The van der Waals surface area contributed by atoms with Crippen molar-refractivity contribution in [1.82, 2.24) is 10.2 Å². The van der Waals surface area contributed by atoms with Crippen molar-refractivity contribution < 1.29 is 26.4 Å². The average Bonchev–Trinajstić information content (AvgIpc) is 2.44. The first kappa shape index (κ1) is 22.2. The van der Waals surface area contributed by atoms with Gasteiger partial charge in [0.05, 0.1) is 0 Å². The second-order valence-electron chi connectivity index (χ2n) is 7.05. The van der Waals surface area contributed by atoms with E-state index in [2.05, 4.69) is 5.32 Å². The summed E-state index contributed by atoms with van der Waals surface area (Å²) in [4.78, 5) is 14.4. The maximum Gasteiger partial charge on any atom is 0.516 e. The number of amides is 1. The van der Waals surface area contributed by atoms with Gasteiger partial charge in [-0.05, 0) is 44.6 Å². The fraction of sp³-hybridized carbons (Fsp3) is 0.562. The van der Waals surface area contributed by atoms with E-state index in [1.54, 1.807) is 0 Å². The third kappa shape index (κ3) is 5.87. The molecule has 1 unspecified atom stereocenters. The second kappa shape index (κ2) is 7.83. The van der Waals surface area contributed by atoms with E-state index in [9.17, 15) is 26.4 Å². The van der Waals surface area contributed by atoms with E-state index in [-0.39, 0.29) is 22.7 Å². The summed E-state index contributed by atoms with van der Waals surface area (Å²) in [7, 11) is -1.72. The molecule has 26 heavy (non-hydrogen) atoms. The highest BCUT2D eigenvalue weighted by Gasteiger charge is 2.46. The third-order valence-electron chi connectivity index (χ3n) is 3.93. The summed E-state index contributed by atoms with van der Waals surface area (Å²) in [6, 6.07) is 4.67. The van der Waals surface area contributed by atoms with E-state index in [0.29, 0.717) is 6.54 Å². The van der Waals surface area contributed by atoms with Gasteiger partial charge in [0.25, 0.3) is 5.91 Å². The molecule has 0 aliphatic carbocycles. The Balaban J connectivity index is 2.93. The fourth-order valence-electron chi connectivity index (χ4n) is 2.36. The maximum absolute atomic E-state index is 12.5. The summed E-state index contributed by atoms with van der Waals surface area (Å²) in [6.07, 6.45) is 0. The molecule has 1 rings (SSSR count). The van der Waals surface area contributed by atoms with Crippen molar-refractivity contribution in [2.24, 2.45) is 5.41 Å². The highest BCUT2D eigenvalue weighted by molar-refractivity contribution is 7.93. The standard InChI is InChI=1S/C16H24F3N3O3S/c1-11(15(2,3)10-22(4)5)20-14(23)12-7-6-8-13(9-12)21-26(24,25)16(17,18)19/h6-9,11,21H,10H2,1-5H3,(H,20,23). The summed E-state index contributed by atoms with van der Waals surface area (Å²) in [5.74, 6) is -0.502. The van der Waals surface area contributed by atoms with Crippen LogP contribution in [0.5, 0.6) is 0 Å². The molecule has 1 atom stereocenters. The van der Waals surface area contributed by atoms with Gasteiger partial charge in [-0.2, -0.15) is 21.6 Å². The number of hydrogen-bond donors (Lipinski definition) is 2. The zero-order chi connectivity index (χ0) is 20.3. The van der Waals surface area contributed by atoms with Crippen molar-refractivity contribution in [3.05, 3.63) is 29.8 Å². The molecule has 0 aliphatic rings. The molecular formula is C16H24F3N3O3S. The Morgan fingerprint density at radius 3 is 2.31 bits per heavy atom. The van der Waals surface area contributed by atoms with Crippen molar-refractivity contribution >= 4 is 21.6 Å². The van der Waals surface area contributed by atoms with Crippen LogP contribution in [0.4, 0.5) is 18.9 Å². The van der Waals surface area contributed by atoms with Crippen LogP contribution in [0.25, 0.3) is 0 Å². The van der Waals surface area contributed by atoms with Crippen LogP contribution in [-0.4, -0.2) is 51.4 Å². The molecule has 0 fully saturated rings. The monoisotopic (exact) mass is 395 g/mol. The van der Waals surface area contributed by atoms with Crippen molar-refractivity contribution in [3.63, 3.8) is 0 Å². The first-order valence-electron chi connectivity index (χ1n) is 7.80. The van der Waals surface area contributed by atoms with Crippen LogP contribution in [0, 0.1) is 5.41 Å². The largest absolute Gasteiger partial charge is 0.516 e. The van der Waals surface area contributed by atoms with Crippen LogP contribution >= 0.6 is 0 Å². The summed E-state index contributed by atoms with van der Waals surface area (Å²) in [5, 5.41) is 2.80. The first-order chi connectivity index (χ1) is 11.7. The Labute approximate surface area is 151 Å². The summed E-state index contributed by atoms with van der Waals surface area (Å²) in [6.45, 7) is 6.50. The molecule has 148 valence electrons. The van der Waals surface area contributed by atoms with Crippen LogP contribution in [-0.2, 0) is 10.0 Å². The van der Waals surface area contributed by atoms with Crippen LogP contribution in [0.3, 0.4) is 0 Å². The molecule has 10 heteroatoms. The number of carbonyl (C=O) groups excluding carboxylic acids is 1. The molecular weight excluding hydrogens is 371 g/mol. The first-order valence-corrected chi connectivity index (χ1v) is 9.29. The zero-order valence-corrected chi connectivity index (χ0v) is 16.1. The number of hydrogen-bond acceptors (Lipinski definition) is 4. The normalized spacial score (nSPS) is 14.2.